The summed E-state index contributed by atoms with van der Waals surface area (Å²) in [6.45, 7) is 2.97. The smallest absolute Gasteiger partial charge is 0.383 e. The minimum absolute atomic E-state index is 0.00390. The highest BCUT2D eigenvalue weighted by Crippen LogP contribution is 2.37. The van der Waals surface area contributed by atoms with Crippen molar-refractivity contribution in [3.05, 3.63) is 172 Å². The molecule has 5 aromatic carbocycles. The fraction of sp³-hybridized carbons (Fsp3) is 0.309. The van der Waals surface area contributed by atoms with Gasteiger partial charge in [-0.25, -0.2) is 24.0 Å². The molecule has 1 saturated heterocycles. The normalized spacial score (nSPS) is 17.4. The Kier molecular flexibility index (Phi) is 17.9. The maximum atomic E-state index is 14.1. The summed E-state index contributed by atoms with van der Waals surface area (Å²) in [5.74, 6) is -4.56. The molecule has 5 atom stereocenters. The van der Waals surface area contributed by atoms with E-state index in [0.29, 0.717) is 6.42 Å². The molecular formula is C55H54O15. The van der Waals surface area contributed by atoms with E-state index in [-0.39, 0.29) is 51.3 Å². The Hall–Kier alpha value is -7.78. The highest BCUT2D eigenvalue weighted by molar-refractivity contribution is 5.92. The van der Waals surface area contributed by atoms with Crippen molar-refractivity contribution in [3.63, 3.8) is 0 Å². The number of carbonyl (C=O) groups excluding carboxylic acids is 5. The van der Waals surface area contributed by atoms with Crippen molar-refractivity contribution in [2.45, 2.75) is 95.9 Å². The third-order valence-corrected chi connectivity index (χ3v) is 11.3. The molecule has 15 heteroatoms. The monoisotopic (exact) mass is 954 g/mol. The van der Waals surface area contributed by atoms with Gasteiger partial charge in [-0.3, -0.25) is 4.79 Å². The van der Waals surface area contributed by atoms with Gasteiger partial charge in [0.25, 0.3) is 5.75 Å². The largest absolute Gasteiger partial charge is 0.489 e. The topological polar surface area (TPSA) is 189 Å². The molecule has 0 spiro atoms. The average molecular weight is 955 g/mol. The molecule has 70 heavy (non-hydrogen) atoms. The zero-order valence-electron chi connectivity index (χ0n) is 38.9. The zero-order valence-corrected chi connectivity index (χ0v) is 38.9. The summed E-state index contributed by atoms with van der Waals surface area (Å²) in [4.78, 5) is 81.0. The van der Waals surface area contributed by atoms with Gasteiger partial charge in [0.1, 0.15) is 24.0 Å². The van der Waals surface area contributed by atoms with Crippen molar-refractivity contribution >= 4 is 40.8 Å². The van der Waals surface area contributed by atoms with E-state index < -0.39 is 78.5 Å². The van der Waals surface area contributed by atoms with Gasteiger partial charge >= 0.3 is 35.5 Å². The number of esters is 5. The van der Waals surface area contributed by atoms with E-state index in [1.165, 1.54) is 73.9 Å². The SMILES string of the molecule is CCCCCCCCCCOc1c(OC(C)=O)c(=O)oc2cc(O[C@@H]3O[C@H](COC(=O)c4ccccc4)[C@@H](OC(=O)c4ccccc4)[C@H](OC(=O)c4ccccc4)[C@H]3OC(=O)c3ccccc3)ccc12. The van der Waals surface area contributed by atoms with Crippen LogP contribution in [0.1, 0.15) is 107 Å². The number of fused-ring (bicyclic) bond motifs is 1. The van der Waals surface area contributed by atoms with Crippen LogP contribution in [-0.2, 0) is 28.5 Å². The van der Waals surface area contributed by atoms with Crippen LogP contribution in [0.25, 0.3) is 11.0 Å². The number of hydrogen-bond donors (Lipinski definition) is 0. The lowest BCUT2D eigenvalue weighted by atomic mass is 9.97. The quantitative estimate of drug-likeness (QED) is 0.0270. The number of carbonyl (C=O) groups is 5. The molecule has 0 amide bonds. The first-order valence-corrected chi connectivity index (χ1v) is 23.3. The summed E-state index contributed by atoms with van der Waals surface area (Å²) < 4.78 is 54.2. The van der Waals surface area contributed by atoms with Crippen molar-refractivity contribution in [1.82, 2.24) is 0 Å². The third-order valence-electron chi connectivity index (χ3n) is 11.3. The second-order valence-corrected chi connectivity index (χ2v) is 16.5. The predicted octanol–water partition coefficient (Wildman–Crippen LogP) is 9.88. The third kappa shape index (κ3) is 13.5. The first kappa shape index (κ1) is 50.1. The molecular weight excluding hydrogens is 901 g/mol. The summed E-state index contributed by atoms with van der Waals surface area (Å²) >= 11 is 0. The minimum Gasteiger partial charge on any atom is -0.489 e. The molecule has 0 aliphatic carbocycles. The molecule has 0 saturated carbocycles. The van der Waals surface area contributed by atoms with Crippen molar-refractivity contribution in [1.29, 1.82) is 0 Å². The summed E-state index contributed by atoms with van der Waals surface area (Å²) in [6, 6.07) is 36.4. The fourth-order valence-corrected chi connectivity index (χ4v) is 7.75. The van der Waals surface area contributed by atoms with Crippen molar-refractivity contribution in [3.8, 4) is 17.2 Å². The van der Waals surface area contributed by atoms with Crippen LogP contribution in [-0.4, -0.2) is 73.8 Å². The Morgan fingerprint density at radius 2 is 1.03 bits per heavy atom. The van der Waals surface area contributed by atoms with Crippen molar-refractivity contribution in [2.24, 2.45) is 0 Å². The highest BCUT2D eigenvalue weighted by atomic mass is 16.7. The molecule has 0 radical (unpaired) electrons. The molecule has 7 rings (SSSR count). The van der Waals surface area contributed by atoms with Crippen LogP contribution in [0.4, 0.5) is 0 Å². The lowest BCUT2D eigenvalue weighted by molar-refractivity contribution is -0.275. The van der Waals surface area contributed by atoms with Crippen LogP contribution in [0.3, 0.4) is 0 Å². The standard InChI is InChI=1S/C55H54O15/c1-3-4-5-6-7-8-9-22-33-62-45-42-32-31-41(34-43(42)66-54(61)48(45)64-36(2)56)65-55-49(70-53(60)40-29-20-13-21-30-40)47(69-52(59)39-27-18-12-19-28-39)46(68-51(58)38-25-16-11-17-26-38)44(67-55)35-63-50(57)37-23-14-10-15-24-37/h10-21,23-32,34,44,46-47,49,55H,3-9,22,33,35H2,1-2H3/t44-,46-,47+,49-,55-/m1/s1. The van der Waals surface area contributed by atoms with Crippen LogP contribution in [0.2, 0.25) is 0 Å². The number of rotatable bonds is 22. The lowest BCUT2D eigenvalue weighted by Crippen LogP contribution is -2.63. The molecule has 0 N–H and O–H groups in total. The van der Waals surface area contributed by atoms with Crippen LogP contribution in [0, 0.1) is 0 Å². The van der Waals surface area contributed by atoms with Gasteiger partial charge in [-0.15, -0.1) is 0 Å². The van der Waals surface area contributed by atoms with Crippen LogP contribution in [0.15, 0.2) is 149 Å². The Morgan fingerprint density at radius 1 is 0.543 bits per heavy atom. The molecule has 364 valence electrons. The Balaban J connectivity index is 1.26. The van der Waals surface area contributed by atoms with Gasteiger partial charge in [-0.1, -0.05) is 125 Å². The second-order valence-electron chi connectivity index (χ2n) is 16.5. The molecule has 1 aliphatic rings. The molecule has 1 aromatic heterocycles. The number of hydrogen-bond acceptors (Lipinski definition) is 15. The van der Waals surface area contributed by atoms with Crippen LogP contribution in [0.5, 0.6) is 17.2 Å². The number of unbranched alkanes of at least 4 members (excludes halogenated alkanes) is 7. The van der Waals surface area contributed by atoms with Crippen LogP contribution >= 0.6 is 0 Å². The Bertz CT molecular complexity index is 2740. The van der Waals surface area contributed by atoms with Crippen molar-refractivity contribution in [2.75, 3.05) is 13.2 Å². The maximum absolute atomic E-state index is 14.1. The second kappa shape index (κ2) is 25.0. The van der Waals surface area contributed by atoms with Gasteiger partial charge in [0.15, 0.2) is 18.0 Å². The van der Waals surface area contributed by atoms with E-state index in [9.17, 15) is 28.8 Å². The molecule has 2 heterocycles. The minimum atomic E-state index is -1.70. The van der Waals surface area contributed by atoms with E-state index in [1.807, 2.05) is 0 Å². The van der Waals surface area contributed by atoms with Gasteiger partial charge < -0.3 is 42.3 Å². The van der Waals surface area contributed by atoms with Gasteiger partial charge in [0.2, 0.25) is 12.4 Å². The average Bonchev–Trinajstić information content (AvgIpc) is 3.38. The lowest BCUT2D eigenvalue weighted by Gasteiger charge is -2.44. The summed E-state index contributed by atoms with van der Waals surface area (Å²) in [5.41, 5.74) is -0.470. The molecule has 0 unspecified atom stereocenters. The van der Waals surface area contributed by atoms with E-state index in [2.05, 4.69) is 6.92 Å². The summed E-state index contributed by atoms with van der Waals surface area (Å²) in [7, 11) is 0. The Labute approximate surface area is 404 Å². The summed E-state index contributed by atoms with van der Waals surface area (Å²) in [6.07, 6.45) is 0.294. The van der Waals surface area contributed by atoms with Crippen molar-refractivity contribution < 1.29 is 66.3 Å². The van der Waals surface area contributed by atoms with E-state index in [1.54, 1.807) is 84.9 Å². The van der Waals surface area contributed by atoms with Gasteiger partial charge in [0, 0.05) is 13.0 Å². The predicted molar refractivity (Wildman–Crippen MR) is 255 cm³/mol. The Morgan fingerprint density at radius 3 is 1.56 bits per heavy atom. The van der Waals surface area contributed by atoms with E-state index in [4.69, 9.17) is 42.3 Å². The van der Waals surface area contributed by atoms with Gasteiger partial charge in [0.05, 0.1) is 34.2 Å². The molecule has 0 bridgehead atoms. The van der Waals surface area contributed by atoms with Gasteiger partial charge in [-0.05, 0) is 67.1 Å². The molecule has 15 nitrogen and oxygen atoms in total. The first-order valence-electron chi connectivity index (χ1n) is 23.3. The molecule has 1 fully saturated rings. The maximum Gasteiger partial charge on any atom is 0.383 e. The number of benzene rings is 5. The van der Waals surface area contributed by atoms with Gasteiger partial charge in [-0.2, -0.15) is 0 Å². The molecule has 6 aromatic rings. The molecule has 1 aliphatic heterocycles. The van der Waals surface area contributed by atoms with E-state index in [0.717, 1.165) is 32.6 Å². The number of ether oxygens (including phenoxy) is 8. The van der Waals surface area contributed by atoms with Crippen LogP contribution < -0.4 is 19.8 Å². The zero-order chi connectivity index (χ0) is 49.2. The summed E-state index contributed by atoms with van der Waals surface area (Å²) in [5, 5.41) is 0.271. The fourth-order valence-electron chi connectivity index (χ4n) is 7.75. The highest BCUT2D eigenvalue weighted by Gasteiger charge is 2.54. The van der Waals surface area contributed by atoms with E-state index >= 15 is 0 Å². The first-order chi connectivity index (χ1) is 34.1.